The standard InChI is InChI=1S/C26H36N4O2/c1-6-24-29-25(26(31)28-16-19-9-7-18(4)8-10-19)22(15-27)30(24)21-12-11-20(13-17(2)3)14-23(21)32-5/h11-12,14,17-19H,6-10,13,16H2,1-5H3,(H,28,31). The van der Waals surface area contributed by atoms with Gasteiger partial charge in [-0.05, 0) is 54.7 Å². The van der Waals surface area contributed by atoms with E-state index in [1.165, 1.54) is 18.4 Å². The molecule has 0 unspecified atom stereocenters. The van der Waals surface area contributed by atoms with E-state index in [2.05, 4.69) is 43.2 Å². The molecule has 0 saturated heterocycles. The highest BCUT2D eigenvalue weighted by molar-refractivity contribution is 5.94. The SMILES string of the molecule is CCc1nc(C(=O)NCC2CCC(C)CC2)c(C#N)n1-c1ccc(CC(C)C)cc1OC. The number of nitriles is 1. The maximum Gasteiger partial charge on any atom is 0.272 e. The summed E-state index contributed by atoms with van der Waals surface area (Å²) in [4.78, 5) is 17.6. The van der Waals surface area contributed by atoms with E-state index in [4.69, 9.17) is 4.74 Å². The quantitative estimate of drug-likeness (QED) is 0.626. The first kappa shape index (κ1) is 23.8. The fraction of sp³-hybridized carbons (Fsp3) is 0.577. The van der Waals surface area contributed by atoms with Gasteiger partial charge in [0.15, 0.2) is 11.4 Å². The average Bonchev–Trinajstić information content (AvgIpc) is 3.16. The highest BCUT2D eigenvalue weighted by Gasteiger charge is 2.26. The molecule has 32 heavy (non-hydrogen) atoms. The molecule has 0 atom stereocenters. The third-order valence-electron chi connectivity index (χ3n) is 6.40. The summed E-state index contributed by atoms with van der Waals surface area (Å²) in [7, 11) is 1.63. The number of hydrogen-bond acceptors (Lipinski definition) is 4. The van der Waals surface area contributed by atoms with Crippen LogP contribution in [0.1, 0.15) is 80.9 Å². The predicted molar refractivity (Wildman–Crippen MR) is 126 cm³/mol. The number of methoxy groups -OCH3 is 1. The maximum absolute atomic E-state index is 13.0. The highest BCUT2D eigenvalue weighted by atomic mass is 16.5. The minimum absolute atomic E-state index is 0.196. The fourth-order valence-electron chi connectivity index (χ4n) is 4.58. The monoisotopic (exact) mass is 436 g/mol. The molecule has 0 spiro atoms. The largest absolute Gasteiger partial charge is 0.495 e. The van der Waals surface area contributed by atoms with Gasteiger partial charge in [-0.2, -0.15) is 5.26 Å². The molecule has 1 fully saturated rings. The number of nitrogens with zero attached hydrogens (tertiary/aromatic N) is 3. The molecule has 6 nitrogen and oxygen atoms in total. The van der Waals surface area contributed by atoms with Gasteiger partial charge < -0.3 is 10.1 Å². The smallest absolute Gasteiger partial charge is 0.272 e. The van der Waals surface area contributed by atoms with Crippen LogP contribution in [-0.4, -0.2) is 29.1 Å². The number of imidazole rings is 1. The molecule has 2 aromatic rings. The van der Waals surface area contributed by atoms with E-state index in [1.807, 2.05) is 19.1 Å². The van der Waals surface area contributed by atoms with E-state index in [1.54, 1.807) is 11.7 Å². The lowest BCUT2D eigenvalue weighted by Gasteiger charge is -2.26. The van der Waals surface area contributed by atoms with Crippen molar-refractivity contribution in [3.05, 3.63) is 41.0 Å². The van der Waals surface area contributed by atoms with Crippen LogP contribution in [0, 0.1) is 29.1 Å². The Morgan fingerprint density at radius 3 is 2.62 bits per heavy atom. The summed E-state index contributed by atoms with van der Waals surface area (Å²) in [5, 5.41) is 13.0. The second-order valence-electron chi connectivity index (χ2n) is 9.47. The Hall–Kier alpha value is -2.81. The number of ether oxygens (including phenoxy) is 1. The minimum Gasteiger partial charge on any atom is -0.495 e. The Kier molecular flexibility index (Phi) is 7.95. The van der Waals surface area contributed by atoms with Gasteiger partial charge in [0.1, 0.15) is 17.6 Å². The van der Waals surface area contributed by atoms with Crippen LogP contribution in [0.15, 0.2) is 18.2 Å². The number of nitrogens with one attached hydrogen (secondary N) is 1. The van der Waals surface area contributed by atoms with Gasteiger partial charge in [-0.3, -0.25) is 9.36 Å². The Balaban J connectivity index is 1.90. The summed E-state index contributed by atoms with van der Waals surface area (Å²) < 4.78 is 7.44. The van der Waals surface area contributed by atoms with Crippen molar-refractivity contribution in [2.24, 2.45) is 17.8 Å². The summed E-state index contributed by atoms with van der Waals surface area (Å²) in [6.45, 7) is 9.26. The van der Waals surface area contributed by atoms with Gasteiger partial charge in [0.2, 0.25) is 0 Å². The number of carbonyl (C=O) groups is 1. The number of hydrogen-bond donors (Lipinski definition) is 1. The lowest BCUT2D eigenvalue weighted by molar-refractivity contribution is 0.0937. The minimum atomic E-state index is -0.274. The van der Waals surface area contributed by atoms with Crippen LogP contribution in [0.5, 0.6) is 5.75 Å². The number of aromatic nitrogens is 2. The molecule has 1 heterocycles. The van der Waals surface area contributed by atoms with Crippen molar-refractivity contribution in [1.82, 2.24) is 14.9 Å². The molecule has 1 aromatic carbocycles. The van der Waals surface area contributed by atoms with Crippen LogP contribution < -0.4 is 10.1 Å². The van der Waals surface area contributed by atoms with Crippen molar-refractivity contribution in [3.63, 3.8) is 0 Å². The topological polar surface area (TPSA) is 79.9 Å². The summed E-state index contributed by atoms with van der Waals surface area (Å²) in [5.41, 5.74) is 2.37. The predicted octanol–water partition coefficient (Wildman–Crippen LogP) is 5.07. The molecule has 0 aliphatic heterocycles. The number of rotatable bonds is 8. The van der Waals surface area contributed by atoms with Crippen molar-refractivity contribution in [1.29, 1.82) is 5.26 Å². The first-order valence-corrected chi connectivity index (χ1v) is 11.8. The van der Waals surface area contributed by atoms with Gasteiger partial charge in [0.05, 0.1) is 12.8 Å². The van der Waals surface area contributed by atoms with Crippen molar-refractivity contribution in [3.8, 4) is 17.5 Å². The van der Waals surface area contributed by atoms with Crippen LogP contribution in [0.25, 0.3) is 5.69 Å². The van der Waals surface area contributed by atoms with Crippen LogP contribution >= 0.6 is 0 Å². The van der Waals surface area contributed by atoms with Gasteiger partial charge in [0, 0.05) is 13.0 Å². The summed E-state index contributed by atoms with van der Waals surface area (Å²) in [6.07, 6.45) is 6.25. The molecule has 0 bridgehead atoms. The first-order valence-electron chi connectivity index (χ1n) is 11.8. The third-order valence-corrected chi connectivity index (χ3v) is 6.40. The lowest BCUT2D eigenvalue weighted by atomic mass is 9.83. The molecular formula is C26H36N4O2. The van der Waals surface area contributed by atoms with Crippen LogP contribution in [0.2, 0.25) is 0 Å². The second-order valence-corrected chi connectivity index (χ2v) is 9.47. The molecule has 1 amide bonds. The number of carbonyl (C=O) groups excluding carboxylic acids is 1. The fourth-order valence-corrected chi connectivity index (χ4v) is 4.58. The van der Waals surface area contributed by atoms with Gasteiger partial charge in [-0.1, -0.05) is 46.6 Å². The number of amides is 1. The molecule has 172 valence electrons. The molecule has 6 heteroatoms. The van der Waals surface area contributed by atoms with Gasteiger partial charge >= 0.3 is 0 Å². The van der Waals surface area contributed by atoms with Crippen LogP contribution in [0.4, 0.5) is 0 Å². The molecule has 1 aliphatic carbocycles. The molecule has 1 aliphatic rings. The van der Waals surface area contributed by atoms with Gasteiger partial charge in [-0.15, -0.1) is 0 Å². The molecule has 1 N–H and O–H groups in total. The molecule has 1 aromatic heterocycles. The van der Waals surface area contributed by atoms with E-state index in [9.17, 15) is 10.1 Å². The molecule has 0 radical (unpaired) electrons. The summed E-state index contributed by atoms with van der Waals surface area (Å²) >= 11 is 0. The zero-order chi connectivity index (χ0) is 23.3. The van der Waals surface area contributed by atoms with E-state index in [-0.39, 0.29) is 17.3 Å². The Morgan fingerprint density at radius 1 is 1.31 bits per heavy atom. The Labute approximate surface area is 192 Å². The molecule has 1 saturated carbocycles. The summed E-state index contributed by atoms with van der Waals surface area (Å²) in [6, 6.07) is 8.26. The zero-order valence-corrected chi connectivity index (χ0v) is 20.1. The first-order chi connectivity index (χ1) is 15.4. The number of benzene rings is 1. The Morgan fingerprint density at radius 2 is 2.03 bits per heavy atom. The normalized spacial score (nSPS) is 18.4. The number of aryl methyl sites for hydroxylation is 1. The van der Waals surface area contributed by atoms with Crippen LogP contribution in [0.3, 0.4) is 0 Å². The van der Waals surface area contributed by atoms with E-state index >= 15 is 0 Å². The van der Waals surface area contributed by atoms with Gasteiger partial charge in [0.25, 0.3) is 5.91 Å². The van der Waals surface area contributed by atoms with E-state index < -0.39 is 0 Å². The van der Waals surface area contributed by atoms with Crippen molar-refractivity contribution in [2.45, 2.75) is 66.2 Å². The maximum atomic E-state index is 13.0. The van der Waals surface area contributed by atoms with E-state index in [0.717, 1.165) is 30.9 Å². The molecule has 3 rings (SSSR count). The molecular weight excluding hydrogens is 400 g/mol. The second kappa shape index (κ2) is 10.7. The van der Waals surface area contributed by atoms with Crippen molar-refractivity contribution in [2.75, 3.05) is 13.7 Å². The average molecular weight is 437 g/mol. The van der Waals surface area contributed by atoms with E-state index in [0.29, 0.717) is 36.4 Å². The summed E-state index contributed by atoms with van der Waals surface area (Å²) in [5.74, 6) is 2.88. The zero-order valence-electron chi connectivity index (χ0n) is 20.1. The van der Waals surface area contributed by atoms with Crippen molar-refractivity contribution >= 4 is 5.91 Å². The van der Waals surface area contributed by atoms with Gasteiger partial charge in [-0.25, -0.2) is 4.98 Å². The van der Waals surface area contributed by atoms with Crippen LogP contribution in [-0.2, 0) is 12.8 Å². The highest BCUT2D eigenvalue weighted by Crippen LogP contribution is 2.30. The lowest BCUT2D eigenvalue weighted by Crippen LogP contribution is -2.31. The van der Waals surface area contributed by atoms with Crippen molar-refractivity contribution < 1.29 is 9.53 Å². The third kappa shape index (κ3) is 5.32. The Bertz CT molecular complexity index is 978.